The predicted octanol–water partition coefficient (Wildman–Crippen LogP) is 3.74. The largest absolute Gasteiger partial charge is 0.354 e. The monoisotopic (exact) mass is 297 g/mol. The first-order valence-corrected chi connectivity index (χ1v) is 7.22. The third-order valence-electron chi connectivity index (χ3n) is 2.96. The van der Waals surface area contributed by atoms with Crippen LogP contribution in [-0.4, -0.2) is 22.6 Å². The lowest BCUT2D eigenvalue weighted by Crippen LogP contribution is -2.27. The van der Waals surface area contributed by atoms with Crippen molar-refractivity contribution in [1.29, 1.82) is 0 Å². The molecule has 0 unspecified atom stereocenters. The maximum Gasteiger partial charge on any atom is 0.134 e. The Morgan fingerprint density at radius 1 is 1.41 bits per heavy atom. The van der Waals surface area contributed by atoms with Gasteiger partial charge in [-0.2, -0.15) is 0 Å². The van der Waals surface area contributed by atoms with Crippen molar-refractivity contribution in [3.05, 3.63) is 16.5 Å². The molecule has 0 N–H and O–H groups in total. The van der Waals surface area contributed by atoms with Crippen LogP contribution >= 0.6 is 15.9 Å². The second-order valence-corrected chi connectivity index (χ2v) is 5.80. The minimum atomic E-state index is 0.369. The van der Waals surface area contributed by atoms with Gasteiger partial charge in [-0.25, -0.2) is 9.97 Å². The number of hydrogen-bond acceptors (Lipinski definition) is 3. The van der Waals surface area contributed by atoms with E-state index < -0.39 is 0 Å². The zero-order valence-electron chi connectivity index (χ0n) is 10.8. The van der Waals surface area contributed by atoms with E-state index >= 15 is 0 Å². The molecule has 1 aromatic heterocycles. The van der Waals surface area contributed by atoms with Gasteiger partial charge in [-0.15, -0.1) is 0 Å². The fraction of sp³-hybridized carbons (Fsp3) is 0.692. The maximum atomic E-state index is 4.70. The van der Waals surface area contributed by atoms with E-state index in [4.69, 9.17) is 4.98 Å². The summed E-state index contributed by atoms with van der Waals surface area (Å²) in [5, 5.41) is 0. The first kappa shape index (κ1) is 12.8. The number of halogens is 1. The molecule has 0 aliphatic heterocycles. The molecule has 1 fully saturated rings. The van der Waals surface area contributed by atoms with Crippen molar-refractivity contribution in [3.8, 4) is 0 Å². The highest BCUT2D eigenvalue weighted by Gasteiger charge is 2.29. The summed E-state index contributed by atoms with van der Waals surface area (Å²) in [6, 6.07) is 2.75. The van der Waals surface area contributed by atoms with Crippen molar-refractivity contribution >= 4 is 21.7 Å². The zero-order valence-corrected chi connectivity index (χ0v) is 12.4. The Morgan fingerprint density at radius 2 is 2.12 bits per heavy atom. The van der Waals surface area contributed by atoms with Gasteiger partial charge in [-0.1, -0.05) is 20.8 Å². The number of aromatic nitrogens is 2. The molecule has 1 aliphatic rings. The van der Waals surface area contributed by atoms with Gasteiger partial charge in [0.15, 0.2) is 0 Å². The van der Waals surface area contributed by atoms with Gasteiger partial charge in [0.1, 0.15) is 16.2 Å². The van der Waals surface area contributed by atoms with Gasteiger partial charge in [0.2, 0.25) is 0 Å². The summed E-state index contributed by atoms with van der Waals surface area (Å²) in [5.41, 5.74) is 0. The molecule has 0 bridgehead atoms. The van der Waals surface area contributed by atoms with Crippen LogP contribution in [0, 0.1) is 0 Å². The summed E-state index contributed by atoms with van der Waals surface area (Å²) in [7, 11) is 0. The third kappa shape index (κ3) is 3.18. The van der Waals surface area contributed by atoms with Crippen molar-refractivity contribution in [1.82, 2.24) is 9.97 Å². The number of anilines is 1. The first-order valence-electron chi connectivity index (χ1n) is 6.43. The van der Waals surface area contributed by atoms with Crippen molar-refractivity contribution in [2.24, 2.45) is 0 Å². The number of rotatable bonds is 5. The highest BCUT2D eigenvalue weighted by atomic mass is 79.9. The molecule has 0 saturated heterocycles. The van der Waals surface area contributed by atoms with Crippen molar-refractivity contribution < 1.29 is 0 Å². The van der Waals surface area contributed by atoms with Crippen LogP contribution in [0.3, 0.4) is 0 Å². The smallest absolute Gasteiger partial charge is 0.134 e. The number of hydrogen-bond donors (Lipinski definition) is 0. The Bertz CT molecular complexity index is 388. The van der Waals surface area contributed by atoms with Crippen LogP contribution in [0.25, 0.3) is 0 Å². The molecular weight excluding hydrogens is 278 g/mol. The average Bonchev–Trinajstić information content (AvgIpc) is 3.08. The van der Waals surface area contributed by atoms with Crippen LogP contribution in [0.4, 0.5) is 5.82 Å². The lowest BCUT2D eigenvalue weighted by Gasteiger charge is -2.23. The van der Waals surface area contributed by atoms with Crippen molar-refractivity contribution in [2.45, 2.75) is 52.0 Å². The molecule has 1 heterocycles. The molecule has 0 amide bonds. The summed E-state index contributed by atoms with van der Waals surface area (Å²) < 4.78 is 0.896. The SMILES string of the molecule is CCCN(c1cc(Br)nc(C(C)C)n1)C1CC1. The van der Waals surface area contributed by atoms with Gasteiger partial charge in [-0.3, -0.25) is 0 Å². The standard InChI is InChI=1S/C13H20BrN3/c1-4-7-17(10-5-6-10)12-8-11(14)15-13(16-12)9(2)3/h8-10H,4-7H2,1-3H3. The van der Waals surface area contributed by atoms with Crippen molar-refractivity contribution in [3.63, 3.8) is 0 Å². The van der Waals surface area contributed by atoms with Gasteiger partial charge in [0.05, 0.1) is 0 Å². The lowest BCUT2D eigenvalue weighted by atomic mass is 10.2. The van der Waals surface area contributed by atoms with Crippen LogP contribution in [0.2, 0.25) is 0 Å². The van der Waals surface area contributed by atoms with E-state index in [-0.39, 0.29) is 0 Å². The Hall–Kier alpha value is -0.640. The highest BCUT2D eigenvalue weighted by molar-refractivity contribution is 9.10. The summed E-state index contributed by atoms with van der Waals surface area (Å²) in [6.45, 7) is 7.57. The Kier molecular flexibility index (Phi) is 4.02. The van der Waals surface area contributed by atoms with Gasteiger partial charge in [0, 0.05) is 24.6 Å². The molecule has 0 aromatic carbocycles. The van der Waals surface area contributed by atoms with E-state index in [1.165, 1.54) is 12.8 Å². The van der Waals surface area contributed by atoms with Crippen LogP contribution in [0.1, 0.15) is 51.8 Å². The fourth-order valence-corrected chi connectivity index (χ4v) is 2.33. The lowest BCUT2D eigenvalue weighted by molar-refractivity contribution is 0.719. The second-order valence-electron chi connectivity index (χ2n) is 4.99. The van der Waals surface area contributed by atoms with Crippen molar-refractivity contribution in [2.75, 3.05) is 11.4 Å². The van der Waals surface area contributed by atoms with E-state index in [0.29, 0.717) is 12.0 Å². The molecule has 17 heavy (non-hydrogen) atoms. The molecule has 0 radical (unpaired) electrons. The molecule has 1 aromatic rings. The molecule has 2 rings (SSSR count). The van der Waals surface area contributed by atoms with E-state index in [0.717, 1.165) is 29.2 Å². The summed E-state index contributed by atoms with van der Waals surface area (Å²) in [5.74, 6) is 2.38. The maximum absolute atomic E-state index is 4.70. The van der Waals surface area contributed by atoms with E-state index in [1.807, 2.05) is 6.07 Å². The summed E-state index contributed by atoms with van der Waals surface area (Å²) in [6.07, 6.45) is 3.77. The predicted molar refractivity (Wildman–Crippen MR) is 74.5 cm³/mol. The van der Waals surface area contributed by atoms with Gasteiger partial charge < -0.3 is 4.90 Å². The van der Waals surface area contributed by atoms with Crippen LogP contribution in [-0.2, 0) is 0 Å². The highest BCUT2D eigenvalue weighted by Crippen LogP contribution is 2.32. The molecular formula is C13H20BrN3. The summed E-state index contributed by atoms with van der Waals surface area (Å²) >= 11 is 3.49. The van der Waals surface area contributed by atoms with E-state index in [9.17, 15) is 0 Å². The van der Waals surface area contributed by atoms with Crippen LogP contribution < -0.4 is 4.90 Å². The molecule has 0 atom stereocenters. The Balaban J connectivity index is 2.28. The molecule has 3 nitrogen and oxygen atoms in total. The Morgan fingerprint density at radius 3 is 2.65 bits per heavy atom. The minimum Gasteiger partial charge on any atom is -0.354 e. The molecule has 4 heteroatoms. The minimum absolute atomic E-state index is 0.369. The van der Waals surface area contributed by atoms with Crippen LogP contribution in [0.5, 0.6) is 0 Å². The topological polar surface area (TPSA) is 29.0 Å². The molecule has 1 saturated carbocycles. The Labute approximate surface area is 112 Å². The quantitative estimate of drug-likeness (QED) is 0.775. The molecule has 94 valence electrons. The van der Waals surface area contributed by atoms with E-state index in [2.05, 4.69) is 46.6 Å². The third-order valence-corrected chi connectivity index (χ3v) is 3.37. The average molecular weight is 298 g/mol. The first-order chi connectivity index (χ1) is 8.11. The molecule has 1 aliphatic carbocycles. The summed E-state index contributed by atoms with van der Waals surface area (Å²) in [4.78, 5) is 11.6. The van der Waals surface area contributed by atoms with Gasteiger partial charge in [0.25, 0.3) is 0 Å². The molecule has 0 spiro atoms. The van der Waals surface area contributed by atoms with E-state index in [1.54, 1.807) is 0 Å². The van der Waals surface area contributed by atoms with Gasteiger partial charge in [-0.05, 0) is 35.2 Å². The normalized spacial score (nSPS) is 15.4. The van der Waals surface area contributed by atoms with Gasteiger partial charge >= 0.3 is 0 Å². The zero-order chi connectivity index (χ0) is 12.4. The fourth-order valence-electron chi connectivity index (χ4n) is 1.94. The second kappa shape index (κ2) is 5.34. The number of nitrogens with zero attached hydrogens (tertiary/aromatic N) is 3. The van der Waals surface area contributed by atoms with Crippen LogP contribution in [0.15, 0.2) is 10.7 Å².